The van der Waals surface area contributed by atoms with Gasteiger partial charge < -0.3 is 48.9 Å². The third kappa shape index (κ3) is 13.0. The van der Waals surface area contributed by atoms with Crippen LogP contribution in [0.25, 0.3) is 0 Å². The van der Waals surface area contributed by atoms with Gasteiger partial charge in [0.25, 0.3) is 0 Å². The van der Waals surface area contributed by atoms with E-state index in [1.807, 2.05) is 13.8 Å². The van der Waals surface area contributed by atoms with E-state index in [1.165, 1.54) is 25.3 Å². The Morgan fingerprint density at radius 1 is 0.849 bits per heavy atom. The second-order valence-corrected chi connectivity index (χ2v) is 12.6. The fraction of sp³-hybridized carbons (Fsp3) is 0.595. The molecule has 294 valence electrons. The molecule has 2 heterocycles. The normalized spacial score (nSPS) is 21.3. The topological polar surface area (TPSA) is 206 Å². The van der Waals surface area contributed by atoms with Gasteiger partial charge >= 0.3 is 18.0 Å². The van der Waals surface area contributed by atoms with E-state index in [9.17, 15) is 29.1 Å². The zero-order valence-corrected chi connectivity index (χ0v) is 30.7. The summed E-state index contributed by atoms with van der Waals surface area (Å²) in [5.41, 5.74) is 0.271. The highest BCUT2D eigenvalue weighted by Crippen LogP contribution is 2.35. The number of carbonyl (C=O) groups is 5. The zero-order valence-electron chi connectivity index (χ0n) is 30.7. The molecule has 1 aromatic carbocycles. The number of benzene rings is 1. The number of carbonyl (C=O) groups excluding carboxylic acids is 5. The molecule has 0 radical (unpaired) electrons. The molecule has 16 heteroatoms. The summed E-state index contributed by atoms with van der Waals surface area (Å²) in [6, 6.07) is 4.64. The molecule has 0 saturated carbocycles. The number of nitrogens with one attached hydrogen (secondary N) is 3. The second-order valence-electron chi connectivity index (χ2n) is 12.6. The number of esters is 2. The lowest BCUT2D eigenvalue weighted by Gasteiger charge is -2.44. The van der Waals surface area contributed by atoms with Gasteiger partial charge in [-0.1, -0.05) is 38.8 Å². The highest BCUT2D eigenvalue weighted by Gasteiger charge is 2.53. The molecule has 2 aliphatic heterocycles. The Hall–Kier alpha value is -4.67. The highest BCUT2D eigenvalue weighted by molar-refractivity contribution is 5.86. The van der Waals surface area contributed by atoms with Crippen LogP contribution in [-0.4, -0.2) is 99.3 Å². The van der Waals surface area contributed by atoms with Crippen molar-refractivity contribution in [2.75, 3.05) is 38.9 Å². The number of anilines is 1. The van der Waals surface area contributed by atoms with Crippen LogP contribution < -0.4 is 25.4 Å². The number of methoxy groups -OCH3 is 1. The quantitative estimate of drug-likeness (QED) is 0.0581. The lowest BCUT2D eigenvalue weighted by molar-refractivity contribution is -0.300. The van der Waals surface area contributed by atoms with Gasteiger partial charge in [-0.05, 0) is 37.8 Å². The smallest absolute Gasteiger partial charge is 0.412 e. The number of ether oxygens (including phenoxy) is 7. The van der Waals surface area contributed by atoms with Crippen molar-refractivity contribution in [2.45, 2.75) is 95.9 Å². The number of hydrogen-bond acceptors (Lipinski definition) is 13. The molecule has 0 spiro atoms. The second kappa shape index (κ2) is 22.4. The zero-order chi connectivity index (χ0) is 38.8. The summed E-state index contributed by atoms with van der Waals surface area (Å²) in [4.78, 5) is 66.3. The molecule has 0 bridgehead atoms. The molecule has 3 rings (SSSR count). The van der Waals surface area contributed by atoms with Gasteiger partial charge in [-0.2, -0.15) is 0 Å². The minimum Gasteiger partial charge on any atom is -0.454 e. The molecule has 3 amide bonds. The molecular formula is C37H53N3O13. The maximum absolute atomic E-state index is 13.8. The van der Waals surface area contributed by atoms with Crippen LogP contribution in [0.4, 0.5) is 10.5 Å². The number of aliphatic hydroxyl groups is 1. The van der Waals surface area contributed by atoms with Crippen LogP contribution in [0.3, 0.4) is 0 Å². The summed E-state index contributed by atoms with van der Waals surface area (Å²) >= 11 is 0. The first-order chi connectivity index (χ1) is 25.6. The fourth-order valence-corrected chi connectivity index (χ4v) is 5.65. The van der Waals surface area contributed by atoms with Gasteiger partial charge in [-0.25, -0.2) is 4.79 Å². The summed E-state index contributed by atoms with van der Waals surface area (Å²) < 4.78 is 39.7. The Morgan fingerprint density at radius 2 is 1.42 bits per heavy atom. The minimum absolute atomic E-state index is 0.0130. The van der Waals surface area contributed by atoms with E-state index in [-0.39, 0.29) is 50.0 Å². The molecule has 0 aromatic heterocycles. The largest absolute Gasteiger partial charge is 0.454 e. The first-order valence-corrected chi connectivity index (χ1v) is 17.9. The highest BCUT2D eigenvalue weighted by atomic mass is 16.7. The van der Waals surface area contributed by atoms with E-state index in [1.54, 1.807) is 12.1 Å². The van der Waals surface area contributed by atoms with Gasteiger partial charge in [-0.3, -0.25) is 24.5 Å². The average molecular weight is 748 g/mol. The number of rotatable bonds is 22. The van der Waals surface area contributed by atoms with Crippen molar-refractivity contribution >= 4 is 35.5 Å². The molecule has 0 aliphatic carbocycles. The van der Waals surface area contributed by atoms with Crippen LogP contribution in [0.5, 0.6) is 11.5 Å². The van der Waals surface area contributed by atoms with E-state index < -0.39 is 67.2 Å². The van der Waals surface area contributed by atoms with E-state index in [0.717, 1.165) is 25.7 Å². The predicted molar refractivity (Wildman–Crippen MR) is 191 cm³/mol. The van der Waals surface area contributed by atoms with Gasteiger partial charge in [0.15, 0.2) is 36.1 Å². The molecule has 1 aromatic rings. The maximum atomic E-state index is 13.8. The van der Waals surface area contributed by atoms with Gasteiger partial charge in [0, 0.05) is 44.8 Å². The molecule has 53 heavy (non-hydrogen) atoms. The Balaban J connectivity index is 1.94. The fourth-order valence-electron chi connectivity index (χ4n) is 5.65. The standard InChI is InChI=1S/C37H53N3O13/c1-6-10-16-38-29(42)18-23(12-8-3)34(44)51-32-31(53-37(46)40-25-14-15-26-27(20-25)49-22-48-26)28(21-41)50-36(47-5)33(32)52-35(45)24(13-9-4)19-30(43)39-17-11-7-2/h8-9,14-15,20,23-24,28,31-33,36,41H,3-4,6-7,10-13,16-19,21-22H2,1-2,5H3,(H,38,42)(H,39,43)(H,40,46)/t23-,24+,28-,31+,32+,33-,36+/m1/s1. The van der Waals surface area contributed by atoms with Crippen LogP contribution in [0.15, 0.2) is 43.5 Å². The lowest BCUT2D eigenvalue weighted by Crippen LogP contribution is -2.63. The maximum Gasteiger partial charge on any atom is 0.412 e. The number of fused-ring (bicyclic) bond motifs is 1. The average Bonchev–Trinajstić information content (AvgIpc) is 3.60. The molecule has 7 atom stereocenters. The van der Waals surface area contributed by atoms with Crippen LogP contribution in [0, 0.1) is 11.8 Å². The first kappa shape index (κ1) is 42.7. The summed E-state index contributed by atoms with van der Waals surface area (Å²) in [5, 5.41) is 18.5. The van der Waals surface area contributed by atoms with Crippen LogP contribution in [0.2, 0.25) is 0 Å². The van der Waals surface area contributed by atoms with Crippen molar-refractivity contribution in [3.8, 4) is 11.5 Å². The molecule has 2 aliphatic rings. The predicted octanol–water partition coefficient (Wildman–Crippen LogP) is 3.52. The number of hydrogen-bond donors (Lipinski definition) is 4. The van der Waals surface area contributed by atoms with Gasteiger partial charge in [0.1, 0.15) is 6.10 Å². The van der Waals surface area contributed by atoms with Crippen LogP contribution in [0.1, 0.15) is 65.2 Å². The Bertz CT molecular complexity index is 1410. The number of aliphatic hydroxyl groups excluding tert-OH is 1. The molecule has 4 N–H and O–H groups in total. The summed E-state index contributed by atoms with van der Waals surface area (Å²) in [7, 11) is 1.25. The third-order valence-corrected chi connectivity index (χ3v) is 8.51. The minimum atomic E-state index is -1.62. The third-order valence-electron chi connectivity index (χ3n) is 8.51. The van der Waals surface area contributed by atoms with Crippen LogP contribution in [-0.2, 0) is 42.9 Å². The van der Waals surface area contributed by atoms with Crippen LogP contribution >= 0.6 is 0 Å². The summed E-state index contributed by atoms with van der Waals surface area (Å²) in [6.07, 6.45) is -2.76. The summed E-state index contributed by atoms with van der Waals surface area (Å²) in [6.45, 7) is 11.5. The van der Waals surface area contributed by atoms with Gasteiger partial charge in [-0.15, -0.1) is 13.2 Å². The van der Waals surface area contributed by atoms with Gasteiger partial charge in [0.05, 0.1) is 18.4 Å². The molecule has 1 fully saturated rings. The Morgan fingerprint density at radius 3 is 1.94 bits per heavy atom. The number of allylic oxidation sites excluding steroid dienone is 2. The van der Waals surface area contributed by atoms with Crippen molar-refractivity contribution in [3.05, 3.63) is 43.5 Å². The van der Waals surface area contributed by atoms with Crippen molar-refractivity contribution in [3.63, 3.8) is 0 Å². The number of amides is 3. The Kier molecular flexibility index (Phi) is 18.1. The van der Waals surface area contributed by atoms with Crippen molar-refractivity contribution in [1.82, 2.24) is 10.6 Å². The van der Waals surface area contributed by atoms with Crippen molar-refractivity contribution in [2.24, 2.45) is 11.8 Å². The first-order valence-electron chi connectivity index (χ1n) is 17.9. The van der Waals surface area contributed by atoms with E-state index >= 15 is 0 Å². The SMILES string of the molecule is C=CC[C@H](CC(=O)NCCCC)C(=O)O[C@H]1[C@@H](OC(=O)Nc2ccc3c(c2)OCO3)[C@@H](CO)O[C@H](OC)[C@@H]1OC(=O)[C@@H](CC=C)CC(=O)NCCCC. The number of unbranched alkanes of at least 4 members (excludes halogenated alkanes) is 2. The Labute approximate surface area is 309 Å². The molecule has 1 saturated heterocycles. The molecule has 16 nitrogen and oxygen atoms in total. The summed E-state index contributed by atoms with van der Waals surface area (Å²) in [5.74, 6) is -3.67. The molecular weight excluding hydrogens is 694 g/mol. The van der Waals surface area contributed by atoms with Crippen molar-refractivity contribution in [1.29, 1.82) is 0 Å². The van der Waals surface area contributed by atoms with Crippen molar-refractivity contribution < 1.29 is 62.2 Å². The van der Waals surface area contributed by atoms with E-state index in [0.29, 0.717) is 24.6 Å². The van der Waals surface area contributed by atoms with Gasteiger partial charge in [0.2, 0.25) is 18.6 Å². The molecule has 0 unspecified atom stereocenters. The monoisotopic (exact) mass is 747 g/mol. The van der Waals surface area contributed by atoms with E-state index in [2.05, 4.69) is 29.1 Å². The van der Waals surface area contributed by atoms with E-state index in [4.69, 9.17) is 33.2 Å². The lowest BCUT2D eigenvalue weighted by atomic mass is 9.96.